The van der Waals surface area contributed by atoms with Gasteiger partial charge in [-0.25, -0.2) is 13.6 Å². The lowest BCUT2D eigenvalue weighted by Crippen LogP contribution is -2.17. The molecule has 2 aromatic carbocycles. The first kappa shape index (κ1) is 21.9. The van der Waals surface area contributed by atoms with Crippen molar-refractivity contribution in [3.05, 3.63) is 76.6 Å². The number of nitro benzene ring substituents is 1. The summed E-state index contributed by atoms with van der Waals surface area (Å²) < 4.78 is 24.5. The highest BCUT2D eigenvalue weighted by atomic mass is 32.2. The summed E-state index contributed by atoms with van der Waals surface area (Å²) >= 11 is 0. The van der Waals surface area contributed by atoms with Crippen molar-refractivity contribution < 1.29 is 18.1 Å². The summed E-state index contributed by atoms with van der Waals surface area (Å²) in [5, 5.41) is 25.9. The number of carbonyl (C=O) groups excluding carboxylic acids is 1. The maximum atomic E-state index is 12.2. The maximum Gasteiger partial charge on any atom is 0.293 e. The van der Waals surface area contributed by atoms with Crippen molar-refractivity contribution in [1.82, 2.24) is 9.78 Å². The van der Waals surface area contributed by atoms with Crippen LogP contribution >= 0.6 is 0 Å². The Morgan fingerprint density at radius 3 is 2.68 bits per heavy atom. The molecule has 4 N–H and O–H groups in total. The summed E-state index contributed by atoms with van der Waals surface area (Å²) in [6, 6.07) is 12.4. The van der Waals surface area contributed by atoms with Crippen LogP contribution in [0, 0.1) is 10.1 Å². The Labute approximate surface area is 178 Å². The molecule has 0 aliphatic rings. The van der Waals surface area contributed by atoms with Crippen LogP contribution in [0.1, 0.15) is 12.0 Å². The molecule has 0 spiro atoms. The molecular formula is C19H20N6O5S. The summed E-state index contributed by atoms with van der Waals surface area (Å²) in [6.45, 7) is 0.671. The number of benzene rings is 2. The molecule has 0 fully saturated rings. The Bertz CT molecular complexity index is 1190. The first-order valence-electron chi connectivity index (χ1n) is 9.14. The van der Waals surface area contributed by atoms with Crippen LogP contribution in [0.2, 0.25) is 0 Å². The highest BCUT2D eigenvalue weighted by molar-refractivity contribution is 7.89. The maximum absolute atomic E-state index is 12.2. The van der Waals surface area contributed by atoms with Gasteiger partial charge in [0.2, 0.25) is 15.9 Å². The molecule has 12 heteroatoms. The van der Waals surface area contributed by atoms with Crippen LogP contribution in [-0.4, -0.2) is 35.6 Å². The lowest BCUT2D eigenvalue weighted by Gasteiger charge is -2.10. The molecule has 0 atom stereocenters. The van der Waals surface area contributed by atoms with E-state index in [2.05, 4.69) is 15.7 Å². The van der Waals surface area contributed by atoms with Crippen LogP contribution < -0.4 is 15.8 Å². The smallest absolute Gasteiger partial charge is 0.293 e. The number of nitrogens with zero attached hydrogens (tertiary/aromatic N) is 3. The fourth-order valence-electron chi connectivity index (χ4n) is 2.85. The van der Waals surface area contributed by atoms with E-state index in [4.69, 9.17) is 5.14 Å². The minimum Gasteiger partial charge on any atom is -0.379 e. The molecule has 0 unspecified atom stereocenters. The van der Waals surface area contributed by atoms with Gasteiger partial charge >= 0.3 is 0 Å². The number of rotatable bonds is 9. The van der Waals surface area contributed by atoms with E-state index in [0.717, 1.165) is 17.7 Å². The molecule has 0 saturated carbocycles. The van der Waals surface area contributed by atoms with Gasteiger partial charge in [-0.05, 0) is 35.9 Å². The van der Waals surface area contributed by atoms with Gasteiger partial charge in [-0.3, -0.25) is 19.6 Å². The molecule has 1 amide bonds. The van der Waals surface area contributed by atoms with Gasteiger partial charge < -0.3 is 10.6 Å². The second-order valence-corrected chi connectivity index (χ2v) is 8.17. The number of primary sulfonamides is 1. The molecule has 0 aliphatic carbocycles. The zero-order valence-electron chi connectivity index (χ0n) is 16.3. The summed E-state index contributed by atoms with van der Waals surface area (Å²) in [7, 11) is -4.07. The largest absolute Gasteiger partial charge is 0.379 e. The molecule has 0 bridgehead atoms. The Morgan fingerprint density at radius 1 is 1.19 bits per heavy atom. The van der Waals surface area contributed by atoms with Gasteiger partial charge in [0.05, 0.1) is 16.4 Å². The molecule has 0 radical (unpaired) electrons. The number of hydrogen-bond acceptors (Lipinski definition) is 7. The van der Waals surface area contributed by atoms with Crippen LogP contribution in [-0.2, 0) is 21.4 Å². The van der Waals surface area contributed by atoms with E-state index in [1.165, 1.54) is 6.07 Å². The molecule has 162 valence electrons. The second kappa shape index (κ2) is 9.36. The van der Waals surface area contributed by atoms with Gasteiger partial charge in [0.15, 0.2) is 0 Å². The summed E-state index contributed by atoms with van der Waals surface area (Å²) in [5.74, 6) is -0.285. The zero-order valence-corrected chi connectivity index (χ0v) is 17.1. The average Bonchev–Trinajstić information content (AvgIpc) is 3.20. The molecule has 1 aromatic heterocycles. The number of carbonyl (C=O) groups is 1. The number of amides is 1. The summed E-state index contributed by atoms with van der Waals surface area (Å²) in [5.41, 5.74) is 1.23. The zero-order chi connectivity index (χ0) is 22.4. The third-order valence-electron chi connectivity index (χ3n) is 4.28. The van der Waals surface area contributed by atoms with Gasteiger partial charge in [0.25, 0.3) is 5.69 Å². The second-order valence-electron chi connectivity index (χ2n) is 6.61. The van der Waals surface area contributed by atoms with Crippen LogP contribution in [0.4, 0.5) is 17.1 Å². The van der Waals surface area contributed by atoms with Crippen molar-refractivity contribution in [2.24, 2.45) is 5.14 Å². The SMILES string of the molecule is NS(=O)(=O)c1ccc(NCCC(=O)Nc2cccc(Cn3cccn3)c2)c([N+](=O)[O-])c1. The number of aromatic nitrogens is 2. The number of sulfonamides is 1. The fraction of sp³-hybridized carbons (Fsp3) is 0.158. The number of anilines is 2. The topological polar surface area (TPSA) is 162 Å². The molecular weight excluding hydrogens is 424 g/mol. The Hall–Kier alpha value is -3.77. The van der Waals surface area contributed by atoms with E-state index in [9.17, 15) is 23.3 Å². The minimum absolute atomic E-state index is 0.0392. The van der Waals surface area contributed by atoms with E-state index < -0.39 is 20.6 Å². The number of nitro groups is 1. The van der Waals surface area contributed by atoms with Crippen molar-refractivity contribution in [2.75, 3.05) is 17.2 Å². The first-order valence-corrected chi connectivity index (χ1v) is 10.7. The van der Waals surface area contributed by atoms with E-state index in [0.29, 0.717) is 12.2 Å². The molecule has 1 heterocycles. The first-order chi connectivity index (χ1) is 14.7. The molecule has 31 heavy (non-hydrogen) atoms. The fourth-order valence-corrected chi connectivity index (χ4v) is 3.39. The highest BCUT2D eigenvalue weighted by Gasteiger charge is 2.19. The van der Waals surface area contributed by atoms with E-state index in [-0.39, 0.29) is 29.5 Å². The Balaban J connectivity index is 1.58. The van der Waals surface area contributed by atoms with Crippen LogP contribution in [0.3, 0.4) is 0 Å². The monoisotopic (exact) mass is 444 g/mol. The third-order valence-corrected chi connectivity index (χ3v) is 5.19. The molecule has 0 saturated heterocycles. The van der Waals surface area contributed by atoms with Gasteiger partial charge in [0, 0.05) is 37.1 Å². The molecule has 3 aromatic rings. The average molecular weight is 444 g/mol. The van der Waals surface area contributed by atoms with Gasteiger partial charge in [-0.15, -0.1) is 0 Å². The van der Waals surface area contributed by atoms with E-state index in [1.807, 2.05) is 30.5 Å². The lowest BCUT2D eigenvalue weighted by atomic mass is 10.2. The predicted octanol–water partition coefficient (Wildman–Crippen LogP) is 1.93. The van der Waals surface area contributed by atoms with Crippen molar-refractivity contribution in [3.63, 3.8) is 0 Å². The number of nitrogens with one attached hydrogen (secondary N) is 2. The highest BCUT2D eigenvalue weighted by Crippen LogP contribution is 2.27. The van der Waals surface area contributed by atoms with Crippen LogP contribution in [0.5, 0.6) is 0 Å². The van der Waals surface area contributed by atoms with Crippen LogP contribution in [0.15, 0.2) is 65.8 Å². The summed E-state index contributed by atoms with van der Waals surface area (Å²) in [4.78, 5) is 22.4. The predicted molar refractivity (Wildman–Crippen MR) is 114 cm³/mol. The minimum atomic E-state index is -4.07. The van der Waals surface area contributed by atoms with Crippen molar-refractivity contribution in [2.45, 2.75) is 17.9 Å². The van der Waals surface area contributed by atoms with Crippen molar-refractivity contribution in [1.29, 1.82) is 0 Å². The number of nitrogens with two attached hydrogens (primary N) is 1. The lowest BCUT2D eigenvalue weighted by molar-refractivity contribution is -0.384. The normalized spacial score (nSPS) is 11.1. The molecule has 0 aliphatic heterocycles. The molecule has 11 nitrogen and oxygen atoms in total. The van der Waals surface area contributed by atoms with E-state index >= 15 is 0 Å². The third kappa shape index (κ3) is 6.10. The van der Waals surface area contributed by atoms with Gasteiger partial charge in [-0.2, -0.15) is 5.10 Å². The van der Waals surface area contributed by atoms with Crippen molar-refractivity contribution in [3.8, 4) is 0 Å². The quantitative estimate of drug-likeness (QED) is 0.335. The Kier molecular flexibility index (Phi) is 6.62. The van der Waals surface area contributed by atoms with Crippen molar-refractivity contribution >= 4 is 33.0 Å². The molecule has 3 rings (SSSR count). The van der Waals surface area contributed by atoms with Crippen LogP contribution in [0.25, 0.3) is 0 Å². The van der Waals surface area contributed by atoms with Gasteiger partial charge in [0.1, 0.15) is 5.69 Å². The number of hydrogen-bond donors (Lipinski definition) is 3. The van der Waals surface area contributed by atoms with Gasteiger partial charge in [-0.1, -0.05) is 12.1 Å². The van der Waals surface area contributed by atoms with E-state index in [1.54, 1.807) is 16.9 Å². The summed E-state index contributed by atoms with van der Waals surface area (Å²) in [6.07, 6.45) is 3.56. The Morgan fingerprint density at radius 2 is 2.00 bits per heavy atom. The standard InChI is InChI=1S/C19H20N6O5S/c20-31(29,30)16-5-6-17(18(12-16)25(27)28)21-9-7-19(26)23-15-4-1-3-14(11-15)13-24-10-2-8-22-24/h1-6,8,10-12,21H,7,9,13H2,(H,23,26)(H2,20,29,30).